The third kappa shape index (κ3) is 4.96. The Balaban J connectivity index is 1.44. The number of carbonyl (C=O) groups is 3. The number of β-lactam (4-membered cyclic amide) rings is 1. The molecule has 0 bridgehead atoms. The number of nitrogen functional groups attached to an aromatic ring is 1. The summed E-state index contributed by atoms with van der Waals surface area (Å²) in [6.07, 6.45) is 4.29. The van der Waals surface area contributed by atoms with Gasteiger partial charge in [0.25, 0.3) is 11.8 Å². The summed E-state index contributed by atoms with van der Waals surface area (Å²) in [6.45, 7) is 1.85. The summed E-state index contributed by atoms with van der Waals surface area (Å²) in [7, 11) is 0. The SMILES string of the molecule is CC(ON=C(C(=O)NC1C(=O)N2C=C(C[n+]3ccccc3)CS[C@H]12)c1nsc(N)n1)C(=O)[O-]. The van der Waals surface area contributed by atoms with E-state index in [0.29, 0.717) is 12.3 Å². The van der Waals surface area contributed by atoms with Gasteiger partial charge in [-0.3, -0.25) is 9.59 Å². The van der Waals surface area contributed by atoms with E-state index < -0.39 is 24.0 Å². The molecule has 0 saturated carbocycles. The first-order valence-corrected chi connectivity index (χ1v) is 11.6. The van der Waals surface area contributed by atoms with E-state index in [1.165, 1.54) is 18.7 Å². The maximum absolute atomic E-state index is 12.9. The van der Waals surface area contributed by atoms with Crippen LogP contribution in [0.1, 0.15) is 12.7 Å². The topological polar surface area (TPSA) is 167 Å². The van der Waals surface area contributed by atoms with Gasteiger partial charge in [-0.2, -0.15) is 9.36 Å². The van der Waals surface area contributed by atoms with Crippen molar-refractivity contribution in [3.8, 4) is 0 Å². The van der Waals surface area contributed by atoms with Crippen molar-refractivity contribution in [2.75, 3.05) is 11.5 Å². The van der Waals surface area contributed by atoms with Gasteiger partial charge in [0, 0.05) is 41.2 Å². The number of pyridine rings is 1. The zero-order valence-electron chi connectivity index (χ0n) is 17.3. The number of rotatable bonds is 8. The Hall–Kier alpha value is -3.52. The van der Waals surface area contributed by atoms with Crippen LogP contribution in [0.15, 0.2) is 47.5 Å². The summed E-state index contributed by atoms with van der Waals surface area (Å²) >= 11 is 2.36. The van der Waals surface area contributed by atoms with Crippen molar-refractivity contribution < 1.29 is 28.9 Å². The Bertz CT molecular complexity index is 1140. The lowest BCUT2D eigenvalue weighted by molar-refractivity contribution is -0.689. The number of aromatic nitrogens is 3. The number of aliphatic carboxylic acids is 1. The van der Waals surface area contributed by atoms with E-state index >= 15 is 0 Å². The van der Waals surface area contributed by atoms with Crippen LogP contribution in [-0.4, -0.2) is 61.0 Å². The van der Waals surface area contributed by atoms with Crippen LogP contribution in [0.2, 0.25) is 0 Å². The molecule has 33 heavy (non-hydrogen) atoms. The molecule has 14 heteroatoms. The Morgan fingerprint density at radius 3 is 2.85 bits per heavy atom. The lowest BCUT2D eigenvalue weighted by atomic mass is 10.1. The van der Waals surface area contributed by atoms with Crippen LogP contribution in [0.4, 0.5) is 5.13 Å². The van der Waals surface area contributed by atoms with Crippen LogP contribution in [0.5, 0.6) is 0 Å². The van der Waals surface area contributed by atoms with Gasteiger partial charge in [-0.15, -0.1) is 11.8 Å². The number of nitrogens with zero attached hydrogens (tertiary/aromatic N) is 5. The zero-order chi connectivity index (χ0) is 23.5. The van der Waals surface area contributed by atoms with Gasteiger partial charge in [0.2, 0.25) is 11.5 Å². The lowest BCUT2D eigenvalue weighted by Crippen LogP contribution is -2.69. The van der Waals surface area contributed by atoms with Crippen molar-refractivity contribution in [3.05, 3.63) is 48.2 Å². The van der Waals surface area contributed by atoms with Gasteiger partial charge in [0.1, 0.15) is 11.4 Å². The summed E-state index contributed by atoms with van der Waals surface area (Å²) in [5, 5.41) is 16.9. The van der Waals surface area contributed by atoms with Crippen LogP contribution >= 0.6 is 23.3 Å². The summed E-state index contributed by atoms with van der Waals surface area (Å²) in [4.78, 5) is 46.7. The molecule has 12 nitrogen and oxygen atoms in total. The van der Waals surface area contributed by atoms with Gasteiger partial charge in [-0.1, -0.05) is 11.2 Å². The molecule has 2 aromatic heterocycles. The number of nitrogens with one attached hydrogen (secondary N) is 1. The van der Waals surface area contributed by atoms with Crippen LogP contribution in [-0.2, 0) is 25.8 Å². The van der Waals surface area contributed by atoms with Crippen molar-refractivity contribution in [2.24, 2.45) is 5.16 Å². The van der Waals surface area contributed by atoms with Crippen LogP contribution in [0.3, 0.4) is 0 Å². The highest BCUT2D eigenvalue weighted by Gasteiger charge is 2.50. The number of oxime groups is 1. The van der Waals surface area contributed by atoms with Gasteiger partial charge in [0.15, 0.2) is 30.2 Å². The Labute approximate surface area is 196 Å². The number of amides is 2. The molecule has 4 rings (SSSR count). The molecule has 2 aromatic rings. The first-order chi connectivity index (χ1) is 15.8. The van der Waals surface area contributed by atoms with Gasteiger partial charge >= 0.3 is 0 Å². The fourth-order valence-electron chi connectivity index (χ4n) is 3.12. The van der Waals surface area contributed by atoms with Crippen LogP contribution < -0.4 is 20.7 Å². The number of anilines is 1. The van der Waals surface area contributed by atoms with Gasteiger partial charge in [-0.05, 0) is 6.92 Å². The maximum atomic E-state index is 12.9. The standard InChI is InChI=1S/C19H19N7O5S2/c1-10(18(29)30)31-23-12(14-22-19(20)33-24-14)15(27)21-13-16(28)26-8-11(9-32-17(13)26)7-25-5-3-2-4-6-25/h2-6,8,10,13,17H,7,9H2,1H3,(H3-,20,21,22,24,27,29,30)/t10?,13?,17-/m1/s1. The summed E-state index contributed by atoms with van der Waals surface area (Å²) in [5.41, 5.74) is 6.26. The van der Waals surface area contributed by atoms with E-state index in [4.69, 9.17) is 10.6 Å². The monoisotopic (exact) mass is 489 g/mol. The molecular formula is C19H19N7O5S2. The van der Waals surface area contributed by atoms with Crippen LogP contribution in [0, 0.1) is 0 Å². The molecule has 2 aliphatic rings. The summed E-state index contributed by atoms with van der Waals surface area (Å²) in [6, 6.07) is 5.01. The fraction of sp³-hybridized carbons (Fsp3) is 0.316. The Kier molecular flexibility index (Phi) is 6.55. The van der Waals surface area contributed by atoms with Crippen molar-refractivity contribution >= 4 is 51.9 Å². The van der Waals surface area contributed by atoms with Gasteiger partial charge in [0.05, 0.1) is 5.97 Å². The number of nitrogens with two attached hydrogens (primary N) is 1. The number of carboxylic acids is 1. The maximum Gasteiger partial charge on any atom is 0.278 e. The lowest BCUT2D eigenvalue weighted by Gasteiger charge is -2.47. The summed E-state index contributed by atoms with van der Waals surface area (Å²) < 4.78 is 5.93. The largest absolute Gasteiger partial charge is 0.546 e. The highest BCUT2D eigenvalue weighted by Crippen LogP contribution is 2.36. The van der Waals surface area contributed by atoms with E-state index in [0.717, 1.165) is 17.1 Å². The number of carboxylic acid groups (broad SMARTS) is 1. The number of fused-ring (bicyclic) bond motifs is 1. The summed E-state index contributed by atoms with van der Waals surface area (Å²) in [5.74, 6) is -2.01. The predicted octanol–water partition coefficient (Wildman–Crippen LogP) is -1.75. The minimum atomic E-state index is -1.51. The second-order valence-electron chi connectivity index (χ2n) is 7.20. The average Bonchev–Trinajstić information content (AvgIpc) is 3.23. The second kappa shape index (κ2) is 9.54. The highest BCUT2D eigenvalue weighted by molar-refractivity contribution is 8.00. The van der Waals surface area contributed by atoms with Crippen molar-refractivity contribution in [3.63, 3.8) is 0 Å². The molecule has 3 atom stereocenters. The molecule has 2 aliphatic heterocycles. The van der Waals surface area contributed by atoms with Gasteiger partial charge < -0.3 is 30.7 Å². The van der Waals surface area contributed by atoms with Crippen molar-refractivity contribution in [1.29, 1.82) is 0 Å². The van der Waals surface area contributed by atoms with E-state index in [1.807, 2.05) is 41.4 Å². The molecule has 0 spiro atoms. The van der Waals surface area contributed by atoms with Crippen molar-refractivity contribution in [2.45, 2.75) is 31.0 Å². The first-order valence-electron chi connectivity index (χ1n) is 9.76. The molecule has 2 unspecified atom stereocenters. The minimum absolute atomic E-state index is 0.0844. The molecule has 1 saturated heterocycles. The molecule has 1 fully saturated rings. The molecule has 0 aromatic carbocycles. The molecule has 3 N–H and O–H groups in total. The number of thioether (sulfide) groups is 1. The predicted molar refractivity (Wildman–Crippen MR) is 116 cm³/mol. The number of carbonyl (C=O) groups excluding carboxylic acids is 3. The third-order valence-corrected chi connectivity index (χ3v) is 6.71. The molecular weight excluding hydrogens is 470 g/mol. The quantitative estimate of drug-likeness (QED) is 0.189. The molecule has 172 valence electrons. The van der Waals surface area contributed by atoms with Crippen molar-refractivity contribution in [1.82, 2.24) is 19.6 Å². The van der Waals surface area contributed by atoms with E-state index in [1.54, 1.807) is 4.90 Å². The van der Waals surface area contributed by atoms with E-state index in [2.05, 4.69) is 19.8 Å². The normalized spacial score (nSPS) is 20.9. The number of hydrogen-bond acceptors (Lipinski definition) is 11. The molecule has 0 radical (unpaired) electrons. The smallest absolute Gasteiger partial charge is 0.278 e. The molecule has 2 amide bonds. The average molecular weight is 490 g/mol. The number of hydrogen-bond donors (Lipinski definition) is 2. The van der Waals surface area contributed by atoms with Gasteiger partial charge in [-0.25, -0.2) is 4.57 Å². The minimum Gasteiger partial charge on any atom is -0.546 e. The highest BCUT2D eigenvalue weighted by atomic mass is 32.2. The van der Waals surface area contributed by atoms with E-state index in [9.17, 15) is 19.5 Å². The van der Waals surface area contributed by atoms with Crippen LogP contribution in [0.25, 0.3) is 0 Å². The first kappa shape index (κ1) is 22.7. The molecule has 0 aliphatic carbocycles. The third-order valence-electron chi connectivity index (χ3n) is 4.79. The second-order valence-corrected chi connectivity index (χ2v) is 9.08. The Morgan fingerprint density at radius 1 is 1.42 bits per heavy atom. The fourth-order valence-corrected chi connectivity index (χ4v) is 4.81. The molecule has 4 heterocycles. The Morgan fingerprint density at radius 2 is 2.18 bits per heavy atom. The zero-order valence-corrected chi connectivity index (χ0v) is 18.9. The van der Waals surface area contributed by atoms with E-state index in [-0.39, 0.29) is 27.9 Å².